The largest absolute Gasteiger partial charge is 0.492 e. The first-order valence-corrected chi connectivity index (χ1v) is 10.1. The quantitative estimate of drug-likeness (QED) is 0.515. The Morgan fingerprint density at radius 1 is 1.18 bits per heavy atom. The van der Waals surface area contributed by atoms with E-state index in [4.69, 9.17) is 14.2 Å². The minimum absolute atomic E-state index is 0.221. The van der Waals surface area contributed by atoms with E-state index < -0.39 is 11.6 Å². The number of nitrogens with one attached hydrogen (secondary N) is 1. The molecule has 1 atom stereocenters. The molecule has 0 aliphatic rings. The first-order chi connectivity index (χ1) is 13.3. The van der Waals surface area contributed by atoms with Crippen LogP contribution >= 0.6 is 0 Å². The van der Waals surface area contributed by atoms with Crippen LogP contribution in [0.3, 0.4) is 0 Å². The smallest absolute Gasteiger partial charge is 0.341 e. The normalized spacial score (nSPS) is 13.1. The van der Waals surface area contributed by atoms with E-state index in [0.29, 0.717) is 37.0 Å². The number of carbonyl (C=O) groups is 2. The van der Waals surface area contributed by atoms with E-state index in [9.17, 15) is 9.59 Å². The number of methoxy groups -OCH3 is 1. The maximum absolute atomic E-state index is 12.9. The van der Waals surface area contributed by atoms with Gasteiger partial charge in [0.15, 0.2) is 0 Å². The summed E-state index contributed by atoms with van der Waals surface area (Å²) in [7, 11) is 1.32. The number of hydrogen-bond acceptors (Lipinski definition) is 5. The zero-order valence-electron chi connectivity index (χ0n) is 18.1. The molecule has 1 aromatic rings. The Morgan fingerprint density at radius 2 is 1.89 bits per heavy atom. The number of esters is 1. The van der Waals surface area contributed by atoms with Gasteiger partial charge in [-0.15, -0.1) is 0 Å². The van der Waals surface area contributed by atoms with E-state index in [-0.39, 0.29) is 11.5 Å². The summed E-state index contributed by atoms with van der Waals surface area (Å²) >= 11 is 0. The Labute approximate surface area is 168 Å². The number of ether oxygens (including phenoxy) is 3. The molecule has 1 amide bonds. The summed E-state index contributed by atoms with van der Waals surface area (Å²) in [5.74, 6) is 0.0290. The summed E-state index contributed by atoms with van der Waals surface area (Å²) in [6.45, 7) is 11.0. The molecule has 158 valence electrons. The fraction of sp³-hybridized carbons (Fsp3) is 0.636. The van der Waals surface area contributed by atoms with Gasteiger partial charge in [0.25, 0.3) is 5.91 Å². The molecule has 0 radical (unpaired) electrons. The van der Waals surface area contributed by atoms with Crippen molar-refractivity contribution in [3.63, 3.8) is 0 Å². The van der Waals surface area contributed by atoms with E-state index in [1.54, 1.807) is 18.2 Å². The molecule has 28 heavy (non-hydrogen) atoms. The molecule has 0 unspecified atom stereocenters. The van der Waals surface area contributed by atoms with Gasteiger partial charge in [-0.3, -0.25) is 4.79 Å². The molecule has 0 spiro atoms. The standard InChI is InChI=1S/C22H35NO5/c1-7-9-12-22(5,28-13-8-2)21(25)23-17-10-11-19(27-15-16(3)4)18(14-17)20(24)26-6/h10-11,14,16H,7-9,12-13,15H2,1-6H3,(H,23,25)/t22-/m0/s1. The van der Waals surface area contributed by atoms with Crippen molar-refractivity contribution in [1.29, 1.82) is 0 Å². The van der Waals surface area contributed by atoms with Gasteiger partial charge in [0.2, 0.25) is 0 Å². The second-order valence-corrected chi connectivity index (χ2v) is 7.54. The Balaban J connectivity index is 3.04. The highest BCUT2D eigenvalue weighted by Crippen LogP contribution is 2.27. The highest BCUT2D eigenvalue weighted by atomic mass is 16.5. The molecule has 6 nitrogen and oxygen atoms in total. The lowest BCUT2D eigenvalue weighted by molar-refractivity contribution is -0.140. The van der Waals surface area contributed by atoms with Crippen LogP contribution in [0.4, 0.5) is 5.69 Å². The monoisotopic (exact) mass is 393 g/mol. The Bertz CT molecular complexity index is 634. The van der Waals surface area contributed by atoms with Crippen molar-refractivity contribution in [3.8, 4) is 5.75 Å². The van der Waals surface area contributed by atoms with Crippen LogP contribution in [-0.4, -0.2) is 37.8 Å². The molecule has 1 aromatic carbocycles. The van der Waals surface area contributed by atoms with E-state index in [1.165, 1.54) is 7.11 Å². The lowest BCUT2D eigenvalue weighted by Gasteiger charge is -2.28. The lowest BCUT2D eigenvalue weighted by atomic mass is 9.97. The molecule has 0 bridgehead atoms. The van der Waals surface area contributed by atoms with Crippen LogP contribution in [0.15, 0.2) is 18.2 Å². The third-order valence-electron chi connectivity index (χ3n) is 4.33. The number of carbonyl (C=O) groups excluding carboxylic acids is 2. The minimum atomic E-state index is -0.912. The van der Waals surface area contributed by atoms with Crippen LogP contribution in [0.5, 0.6) is 5.75 Å². The second-order valence-electron chi connectivity index (χ2n) is 7.54. The average molecular weight is 394 g/mol. The number of hydrogen-bond donors (Lipinski definition) is 1. The van der Waals surface area contributed by atoms with E-state index >= 15 is 0 Å². The van der Waals surface area contributed by atoms with Crippen molar-refractivity contribution >= 4 is 17.6 Å². The van der Waals surface area contributed by atoms with Gasteiger partial charge < -0.3 is 19.5 Å². The first kappa shape index (κ1) is 24.0. The third kappa shape index (κ3) is 7.15. The fourth-order valence-electron chi connectivity index (χ4n) is 2.62. The van der Waals surface area contributed by atoms with Crippen LogP contribution in [0.25, 0.3) is 0 Å². The molecule has 6 heteroatoms. The fourth-order valence-corrected chi connectivity index (χ4v) is 2.62. The van der Waals surface area contributed by atoms with Crippen LogP contribution in [0.2, 0.25) is 0 Å². The zero-order chi connectivity index (χ0) is 21.2. The SMILES string of the molecule is CCCC[C@](C)(OCCC)C(=O)Nc1ccc(OCC(C)C)c(C(=O)OC)c1. The Hall–Kier alpha value is -2.08. The highest BCUT2D eigenvalue weighted by Gasteiger charge is 2.33. The number of benzene rings is 1. The van der Waals surface area contributed by atoms with Gasteiger partial charge in [-0.1, -0.05) is 40.5 Å². The van der Waals surface area contributed by atoms with Crippen LogP contribution in [0, 0.1) is 5.92 Å². The van der Waals surface area contributed by atoms with Gasteiger partial charge in [0.05, 0.1) is 13.7 Å². The Kier molecular flexibility index (Phi) is 10.0. The highest BCUT2D eigenvalue weighted by molar-refractivity contribution is 5.99. The number of unbranched alkanes of at least 4 members (excludes halogenated alkanes) is 1. The predicted octanol–water partition coefficient (Wildman–Crippen LogP) is 4.82. The van der Waals surface area contributed by atoms with Crippen molar-refractivity contribution in [1.82, 2.24) is 0 Å². The maximum Gasteiger partial charge on any atom is 0.341 e. The molecule has 1 rings (SSSR count). The molecular weight excluding hydrogens is 358 g/mol. The predicted molar refractivity (Wildman–Crippen MR) is 111 cm³/mol. The van der Waals surface area contributed by atoms with Crippen molar-refractivity contribution in [2.24, 2.45) is 5.92 Å². The van der Waals surface area contributed by atoms with Crippen LogP contribution in [-0.2, 0) is 14.3 Å². The lowest BCUT2D eigenvalue weighted by Crippen LogP contribution is -2.43. The van der Waals surface area contributed by atoms with Gasteiger partial charge in [-0.05, 0) is 43.9 Å². The van der Waals surface area contributed by atoms with Gasteiger partial charge >= 0.3 is 5.97 Å². The molecule has 0 saturated heterocycles. The second kappa shape index (κ2) is 11.7. The summed E-state index contributed by atoms with van der Waals surface area (Å²) in [5, 5.41) is 2.88. The van der Waals surface area contributed by atoms with Crippen molar-refractivity contribution < 1.29 is 23.8 Å². The molecule has 0 fully saturated rings. The zero-order valence-corrected chi connectivity index (χ0v) is 18.1. The van der Waals surface area contributed by atoms with Gasteiger partial charge in [-0.25, -0.2) is 4.79 Å². The number of amides is 1. The van der Waals surface area contributed by atoms with Crippen molar-refractivity contribution in [2.45, 2.75) is 65.9 Å². The number of rotatable bonds is 12. The molecule has 1 N–H and O–H groups in total. The van der Waals surface area contributed by atoms with Gasteiger partial charge in [-0.2, -0.15) is 0 Å². The summed E-state index contributed by atoms with van der Waals surface area (Å²) in [6.07, 6.45) is 3.34. The molecule has 0 aliphatic carbocycles. The van der Waals surface area contributed by atoms with E-state index in [1.807, 2.05) is 27.7 Å². The summed E-state index contributed by atoms with van der Waals surface area (Å²) in [5.41, 5.74) is -0.125. The van der Waals surface area contributed by atoms with Crippen molar-refractivity contribution in [3.05, 3.63) is 23.8 Å². The van der Waals surface area contributed by atoms with Crippen LogP contribution in [0.1, 0.15) is 70.7 Å². The van der Waals surface area contributed by atoms with Crippen molar-refractivity contribution in [2.75, 3.05) is 25.6 Å². The third-order valence-corrected chi connectivity index (χ3v) is 4.33. The van der Waals surface area contributed by atoms with Crippen LogP contribution < -0.4 is 10.1 Å². The molecule has 0 aromatic heterocycles. The first-order valence-electron chi connectivity index (χ1n) is 10.1. The Morgan fingerprint density at radius 3 is 2.46 bits per heavy atom. The minimum Gasteiger partial charge on any atom is -0.492 e. The average Bonchev–Trinajstić information content (AvgIpc) is 2.68. The van der Waals surface area contributed by atoms with E-state index in [2.05, 4.69) is 12.2 Å². The maximum atomic E-state index is 12.9. The molecular formula is C22H35NO5. The molecule has 0 heterocycles. The summed E-state index contributed by atoms with van der Waals surface area (Å²) in [6, 6.07) is 4.99. The van der Waals surface area contributed by atoms with Gasteiger partial charge in [0, 0.05) is 12.3 Å². The van der Waals surface area contributed by atoms with Gasteiger partial charge in [0.1, 0.15) is 16.9 Å². The summed E-state index contributed by atoms with van der Waals surface area (Å²) in [4.78, 5) is 25.1. The molecule has 0 aliphatic heterocycles. The summed E-state index contributed by atoms with van der Waals surface area (Å²) < 4.78 is 16.5. The number of anilines is 1. The topological polar surface area (TPSA) is 73.9 Å². The molecule has 0 saturated carbocycles. The van der Waals surface area contributed by atoms with E-state index in [0.717, 1.165) is 19.3 Å².